The molecule has 0 aromatic carbocycles. The van der Waals surface area contributed by atoms with Gasteiger partial charge in [-0.3, -0.25) is 19.3 Å². The summed E-state index contributed by atoms with van der Waals surface area (Å²) in [5.41, 5.74) is 5.46. The maximum absolute atomic E-state index is 13.8. The van der Waals surface area contributed by atoms with Crippen molar-refractivity contribution in [2.45, 2.75) is 116 Å². The second kappa shape index (κ2) is 12.1. The van der Waals surface area contributed by atoms with E-state index in [4.69, 9.17) is 10.5 Å². The Morgan fingerprint density at radius 2 is 1.63 bits per heavy atom. The Balaban J connectivity index is 2.21. The van der Waals surface area contributed by atoms with Gasteiger partial charge in [0.1, 0.15) is 23.7 Å². The number of carbonyl (C=O) groups is 4. The molecule has 0 aromatic heterocycles. The van der Waals surface area contributed by atoms with Gasteiger partial charge in [0.25, 0.3) is 0 Å². The number of ether oxygens (including phenoxy) is 1. The lowest BCUT2D eigenvalue weighted by molar-refractivity contribution is -0.143. The molecule has 1 saturated carbocycles. The summed E-state index contributed by atoms with van der Waals surface area (Å²) in [6.45, 7) is 10.9. The van der Waals surface area contributed by atoms with Crippen LogP contribution in [-0.4, -0.2) is 83.0 Å². The number of amides is 4. The first-order valence-electron chi connectivity index (χ1n) is 12.8. The molecule has 200 valence electrons. The quantitative estimate of drug-likeness (QED) is 0.493. The average molecular weight is 496 g/mol. The van der Waals surface area contributed by atoms with Gasteiger partial charge in [-0.25, -0.2) is 4.79 Å². The van der Waals surface area contributed by atoms with Gasteiger partial charge in [-0.15, -0.1) is 0 Å². The summed E-state index contributed by atoms with van der Waals surface area (Å²) in [5.74, 6) is -0.985. The van der Waals surface area contributed by atoms with E-state index < -0.39 is 35.7 Å². The van der Waals surface area contributed by atoms with Gasteiger partial charge in [-0.1, -0.05) is 19.3 Å². The van der Waals surface area contributed by atoms with Gasteiger partial charge in [-0.05, 0) is 66.7 Å². The van der Waals surface area contributed by atoms with Gasteiger partial charge in [-0.2, -0.15) is 0 Å². The van der Waals surface area contributed by atoms with E-state index in [-0.39, 0.29) is 36.4 Å². The zero-order valence-corrected chi connectivity index (χ0v) is 22.4. The van der Waals surface area contributed by atoms with Crippen molar-refractivity contribution in [3.05, 3.63) is 0 Å². The Morgan fingerprint density at radius 3 is 2.17 bits per heavy atom. The van der Waals surface area contributed by atoms with Crippen LogP contribution in [0.3, 0.4) is 0 Å². The van der Waals surface area contributed by atoms with Crippen molar-refractivity contribution >= 4 is 23.8 Å². The van der Waals surface area contributed by atoms with Crippen molar-refractivity contribution in [2.75, 3.05) is 13.6 Å². The van der Waals surface area contributed by atoms with Crippen molar-refractivity contribution in [3.63, 3.8) is 0 Å². The second-order valence-electron chi connectivity index (χ2n) is 11.3. The minimum Gasteiger partial charge on any atom is -0.444 e. The summed E-state index contributed by atoms with van der Waals surface area (Å²) in [5, 5.41) is 5.80. The number of likely N-dealkylation sites (N-methyl/N-ethyl adjacent to an activating group) is 1. The molecule has 0 bridgehead atoms. The van der Waals surface area contributed by atoms with Crippen LogP contribution in [0.5, 0.6) is 0 Å². The minimum absolute atomic E-state index is 0.0372. The molecule has 1 aliphatic heterocycles. The molecule has 1 saturated heterocycles. The minimum atomic E-state index is -0.843. The van der Waals surface area contributed by atoms with Crippen LogP contribution in [-0.2, 0) is 19.1 Å². The molecule has 35 heavy (non-hydrogen) atoms. The Bertz CT molecular complexity index is 775. The number of nitrogens with zero attached hydrogens (tertiary/aromatic N) is 2. The molecular formula is C25H45N5O5. The molecule has 2 rings (SSSR count). The van der Waals surface area contributed by atoms with Crippen LogP contribution in [0.2, 0.25) is 0 Å². The lowest BCUT2D eigenvalue weighted by Crippen LogP contribution is -2.59. The van der Waals surface area contributed by atoms with Crippen LogP contribution in [0.4, 0.5) is 4.79 Å². The molecule has 4 amide bonds. The number of rotatable bonds is 7. The third kappa shape index (κ3) is 8.08. The van der Waals surface area contributed by atoms with Crippen molar-refractivity contribution in [2.24, 2.45) is 11.7 Å². The predicted octanol–water partition coefficient (Wildman–Crippen LogP) is 1.76. The highest BCUT2D eigenvalue weighted by atomic mass is 16.6. The standard InChI is InChI=1S/C25H45N5O5/c1-15(2)27-22(32)19-13-18(26)14-30(19)23(33)20(17-11-9-8-10-12-17)28-21(31)16(3)29(7)24(34)35-25(4,5)6/h15-20H,8-14,26H2,1-7H3,(H,27,32)(H,28,31). The van der Waals surface area contributed by atoms with E-state index in [2.05, 4.69) is 10.6 Å². The van der Waals surface area contributed by atoms with Gasteiger partial charge in [0, 0.05) is 25.7 Å². The van der Waals surface area contributed by atoms with Crippen LogP contribution in [0.1, 0.15) is 80.1 Å². The van der Waals surface area contributed by atoms with Crippen LogP contribution < -0.4 is 16.4 Å². The fraction of sp³-hybridized carbons (Fsp3) is 0.840. The smallest absolute Gasteiger partial charge is 0.410 e. The van der Waals surface area contributed by atoms with Gasteiger partial charge in [0.15, 0.2) is 0 Å². The maximum atomic E-state index is 13.8. The van der Waals surface area contributed by atoms with Crippen molar-refractivity contribution in [3.8, 4) is 0 Å². The van der Waals surface area contributed by atoms with E-state index in [0.29, 0.717) is 6.42 Å². The molecule has 2 fully saturated rings. The summed E-state index contributed by atoms with van der Waals surface area (Å²) >= 11 is 0. The first-order valence-corrected chi connectivity index (χ1v) is 12.8. The number of nitrogens with one attached hydrogen (secondary N) is 2. The van der Waals surface area contributed by atoms with E-state index in [9.17, 15) is 19.2 Å². The SMILES string of the molecule is CC(C)NC(=O)C1CC(N)CN1C(=O)C(NC(=O)C(C)N(C)C(=O)OC(C)(C)C)C1CCCCC1. The zero-order chi connectivity index (χ0) is 26.5. The van der Waals surface area contributed by atoms with Gasteiger partial charge in [0.2, 0.25) is 17.7 Å². The van der Waals surface area contributed by atoms with Crippen LogP contribution in [0, 0.1) is 5.92 Å². The maximum Gasteiger partial charge on any atom is 0.410 e. The topological polar surface area (TPSA) is 134 Å². The van der Waals surface area contributed by atoms with Crippen LogP contribution in [0.25, 0.3) is 0 Å². The number of carbonyl (C=O) groups excluding carboxylic acids is 4. The summed E-state index contributed by atoms with van der Waals surface area (Å²) < 4.78 is 5.38. The fourth-order valence-corrected chi connectivity index (χ4v) is 4.71. The van der Waals surface area contributed by atoms with Crippen LogP contribution >= 0.6 is 0 Å². The Hall–Kier alpha value is -2.36. The second-order valence-corrected chi connectivity index (χ2v) is 11.3. The average Bonchev–Trinajstić information content (AvgIpc) is 3.16. The molecule has 0 aromatic rings. The first kappa shape index (κ1) is 28.9. The fourth-order valence-electron chi connectivity index (χ4n) is 4.71. The van der Waals surface area contributed by atoms with Crippen molar-refractivity contribution in [1.82, 2.24) is 20.4 Å². The third-order valence-corrected chi connectivity index (χ3v) is 6.68. The molecule has 1 aliphatic carbocycles. The van der Waals surface area contributed by atoms with Crippen molar-refractivity contribution < 1.29 is 23.9 Å². The molecular weight excluding hydrogens is 450 g/mol. The molecule has 2 aliphatic rings. The molecule has 0 radical (unpaired) electrons. The summed E-state index contributed by atoms with van der Waals surface area (Å²) in [6.07, 6.45) is 4.45. The summed E-state index contributed by atoms with van der Waals surface area (Å²) in [4.78, 5) is 55.1. The van der Waals surface area contributed by atoms with Gasteiger partial charge >= 0.3 is 6.09 Å². The molecule has 4 unspecified atom stereocenters. The van der Waals surface area contributed by atoms with Crippen LogP contribution in [0.15, 0.2) is 0 Å². The van der Waals surface area contributed by atoms with Gasteiger partial charge < -0.3 is 26.0 Å². The number of nitrogens with two attached hydrogens (primary N) is 1. The lowest BCUT2D eigenvalue weighted by Gasteiger charge is -2.36. The van der Waals surface area contributed by atoms with Crippen molar-refractivity contribution in [1.29, 1.82) is 0 Å². The number of likely N-dealkylation sites (tertiary alicyclic amines) is 1. The van der Waals surface area contributed by atoms with E-state index in [1.807, 2.05) is 13.8 Å². The van der Waals surface area contributed by atoms with E-state index in [1.165, 1.54) is 16.8 Å². The first-order chi connectivity index (χ1) is 16.2. The molecule has 0 spiro atoms. The molecule has 4 atom stereocenters. The highest BCUT2D eigenvalue weighted by Gasteiger charge is 2.43. The highest BCUT2D eigenvalue weighted by Crippen LogP contribution is 2.29. The number of hydrogen-bond acceptors (Lipinski definition) is 6. The summed E-state index contributed by atoms with van der Waals surface area (Å²) in [6, 6.07) is -2.65. The Labute approximate surface area is 209 Å². The normalized spacial score (nSPS) is 22.9. The molecule has 1 heterocycles. The summed E-state index contributed by atoms with van der Waals surface area (Å²) in [7, 11) is 1.50. The molecule has 10 nitrogen and oxygen atoms in total. The Morgan fingerprint density at radius 1 is 1.03 bits per heavy atom. The highest BCUT2D eigenvalue weighted by molar-refractivity contribution is 5.94. The predicted molar refractivity (Wildman–Crippen MR) is 133 cm³/mol. The van der Waals surface area contributed by atoms with E-state index in [0.717, 1.165) is 32.1 Å². The zero-order valence-electron chi connectivity index (χ0n) is 22.4. The monoisotopic (exact) mass is 495 g/mol. The number of hydrogen-bond donors (Lipinski definition) is 3. The van der Waals surface area contributed by atoms with E-state index >= 15 is 0 Å². The van der Waals surface area contributed by atoms with Gasteiger partial charge in [0.05, 0.1) is 0 Å². The lowest BCUT2D eigenvalue weighted by atomic mass is 9.83. The Kier molecular flexibility index (Phi) is 9.94. The largest absolute Gasteiger partial charge is 0.444 e. The van der Waals surface area contributed by atoms with E-state index in [1.54, 1.807) is 27.7 Å². The molecule has 4 N–H and O–H groups in total. The third-order valence-electron chi connectivity index (χ3n) is 6.68. The molecule has 10 heteroatoms.